The van der Waals surface area contributed by atoms with Gasteiger partial charge in [0.2, 0.25) is 0 Å². The fraction of sp³-hybridized carbons (Fsp3) is 0. The topological polar surface area (TPSA) is 20.5 Å². The lowest BCUT2D eigenvalue weighted by atomic mass is 10.2. The molecule has 68 valence electrons. The van der Waals surface area contributed by atoms with Crippen molar-refractivity contribution in [2.45, 2.75) is 0 Å². The van der Waals surface area contributed by atoms with E-state index in [0.717, 1.165) is 4.48 Å². The summed E-state index contributed by atoms with van der Waals surface area (Å²) in [6, 6.07) is 0. The molecule has 0 aromatic carbocycles. The van der Waals surface area contributed by atoms with Gasteiger partial charge in [-0.25, -0.2) is 0 Å². The normalized spacial score (nSPS) is 23.8. The summed E-state index contributed by atoms with van der Waals surface area (Å²) >= 11 is 3.20. The zero-order valence-corrected chi connectivity index (χ0v) is 7.92. The molecule has 13 heavy (non-hydrogen) atoms. The van der Waals surface area contributed by atoms with E-state index < -0.39 is 7.11 Å². The highest BCUT2D eigenvalue weighted by atomic mass is 79.9. The van der Waals surface area contributed by atoms with Gasteiger partial charge in [0.25, 0.3) is 0 Å². The van der Waals surface area contributed by atoms with Crippen LogP contribution in [-0.4, -0.2) is 12.9 Å². The lowest BCUT2D eigenvalue weighted by molar-refractivity contribution is -0.346. The van der Waals surface area contributed by atoms with E-state index in [9.17, 15) is 8.63 Å². The van der Waals surface area contributed by atoms with E-state index in [1.807, 2.05) is 0 Å². The first-order valence-electron chi connectivity index (χ1n) is 3.58. The van der Waals surface area contributed by atoms with Crippen molar-refractivity contribution in [3.05, 3.63) is 34.5 Å². The molecule has 1 aliphatic carbocycles. The minimum atomic E-state index is -4.16. The number of ketones is 1. The van der Waals surface area contributed by atoms with Gasteiger partial charge in [0.05, 0.1) is 0 Å². The average Bonchev–Trinajstić information content (AvgIpc) is 2.23. The first-order chi connectivity index (χ1) is 6.07. The summed E-state index contributed by atoms with van der Waals surface area (Å²) in [5, 5.41) is 0. The smallest absolute Gasteiger partial charge is 0.563 e. The van der Waals surface area contributed by atoms with Crippen LogP contribution in [0.3, 0.4) is 0 Å². The molecule has 0 amide bonds. The van der Waals surface area contributed by atoms with Gasteiger partial charge in [-0.1, -0.05) is 15.9 Å². The molecule has 2 nitrogen and oxygen atoms in total. The Kier molecular flexibility index (Phi) is 1.87. The largest absolute Gasteiger partial charge is 0.995 e. The number of hydrogen-bond acceptors (Lipinski definition) is 1. The first kappa shape index (κ1) is 8.68. The van der Waals surface area contributed by atoms with E-state index >= 15 is 0 Å². The molecule has 0 aromatic heterocycles. The standard InChI is InChI=1S/C7H4BBrF2O2/c9-5-1-3-6-7(4-2-5)13-8(10,11)12-6/h1-4H. The van der Waals surface area contributed by atoms with Gasteiger partial charge in [-0.05, 0) is 18.2 Å². The zero-order chi connectivity index (χ0) is 9.47. The minimum absolute atomic E-state index is 0.0655. The van der Waals surface area contributed by atoms with Gasteiger partial charge >= 0.3 is 12.9 Å². The maximum atomic E-state index is 12.6. The van der Waals surface area contributed by atoms with Gasteiger partial charge in [0, 0.05) is 10.6 Å². The lowest BCUT2D eigenvalue weighted by Gasteiger charge is -2.00. The summed E-state index contributed by atoms with van der Waals surface area (Å²) in [4.78, 5) is 0. The summed E-state index contributed by atoms with van der Waals surface area (Å²) < 4.78 is 34.5. The Balaban J connectivity index is 2.41. The quantitative estimate of drug-likeness (QED) is 0.476. The predicted molar refractivity (Wildman–Crippen MR) is 48.3 cm³/mol. The van der Waals surface area contributed by atoms with Gasteiger partial charge in [-0.3, -0.25) is 0 Å². The number of halogens is 3. The number of allylic oxidation sites excluding steroid dienone is 5. The summed E-state index contributed by atoms with van der Waals surface area (Å²) in [5.74, 6) is 0.131. The van der Waals surface area contributed by atoms with Crippen LogP contribution in [0.4, 0.5) is 8.63 Å². The van der Waals surface area contributed by atoms with Gasteiger partial charge < -0.3 is 17.6 Å². The van der Waals surface area contributed by atoms with Crippen LogP contribution in [0.15, 0.2) is 34.5 Å². The Morgan fingerprint density at radius 2 is 2.08 bits per heavy atom. The molecule has 0 bridgehead atoms. The van der Waals surface area contributed by atoms with Crippen molar-refractivity contribution in [3.8, 4) is 0 Å². The van der Waals surface area contributed by atoms with E-state index in [-0.39, 0.29) is 11.5 Å². The van der Waals surface area contributed by atoms with Gasteiger partial charge in [-0.2, -0.15) is 0 Å². The molecule has 0 fully saturated rings. The lowest BCUT2D eigenvalue weighted by Crippen LogP contribution is -2.22. The molecule has 0 unspecified atom stereocenters. The van der Waals surface area contributed by atoms with E-state index in [1.165, 1.54) is 12.2 Å². The van der Waals surface area contributed by atoms with Crippen LogP contribution in [0.2, 0.25) is 0 Å². The van der Waals surface area contributed by atoms with Crippen LogP contribution >= 0.6 is 15.9 Å². The molecular formula is C7H4BBrF2O2. The molecule has 2 aliphatic rings. The van der Waals surface area contributed by atoms with Crippen LogP contribution in [0.25, 0.3) is 0 Å². The molecule has 0 saturated carbocycles. The van der Waals surface area contributed by atoms with Crippen molar-refractivity contribution in [2.24, 2.45) is 0 Å². The Bertz CT molecular complexity index is 371. The second-order valence-corrected chi connectivity index (χ2v) is 3.47. The van der Waals surface area contributed by atoms with E-state index in [1.54, 1.807) is 12.2 Å². The maximum absolute atomic E-state index is 12.6. The third-order valence-electron chi connectivity index (χ3n) is 1.56. The molecule has 1 aliphatic heterocycles. The summed E-state index contributed by atoms with van der Waals surface area (Å²) in [6.45, 7) is 0. The van der Waals surface area contributed by atoms with Crippen molar-refractivity contribution in [1.29, 1.82) is 0 Å². The van der Waals surface area contributed by atoms with E-state index in [0.29, 0.717) is 0 Å². The molecule has 0 N–H and O–H groups in total. The molecule has 0 spiro atoms. The van der Waals surface area contributed by atoms with Crippen LogP contribution in [-0.2, 0) is 9.00 Å². The molecule has 6 heteroatoms. The number of rotatable bonds is 0. The third kappa shape index (κ3) is 1.72. The Morgan fingerprint density at radius 3 is 2.85 bits per heavy atom. The molecule has 0 atom stereocenters. The highest BCUT2D eigenvalue weighted by molar-refractivity contribution is 9.11. The minimum Gasteiger partial charge on any atom is -0.563 e. The van der Waals surface area contributed by atoms with Crippen LogP contribution in [0.5, 0.6) is 0 Å². The number of hydrogen-bond donors (Lipinski definition) is 0. The average molecular weight is 249 g/mol. The van der Waals surface area contributed by atoms with Gasteiger partial charge in [0.1, 0.15) is 0 Å². The van der Waals surface area contributed by atoms with Crippen molar-refractivity contribution in [1.82, 2.24) is 0 Å². The van der Waals surface area contributed by atoms with Crippen molar-refractivity contribution < 1.29 is 17.6 Å². The molecule has 0 saturated heterocycles. The molecule has 2 rings (SSSR count). The molecule has 1 heterocycles. The number of carbonyl (C=O) groups excluding carboxylic acids is 1. The van der Waals surface area contributed by atoms with Crippen molar-refractivity contribution in [3.63, 3.8) is 0 Å². The van der Waals surface area contributed by atoms with Crippen LogP contribution < -0.4 is 0 Å². The predicted octanol–water partition coefficient (Wildman–Crippen LogP) is 2.23. The maximum Gasteiger partial charge on any atom is 0.995 e. The summed E-state index contributed by atoms with van der Waals surface area (Å²) in [7, 11) is -4.16. The van der Waals surface area contributed by atoms with Crippen molar-refractivity contribution in [2.75, 3.05) is 0 Å². The van der Waals surface area contributed by atoms with E-state index in [2.05, 4.69) is 24.9 Å². The molecule has 0 radical (unpaired) electrons. The third-order valence-corrected chi connectivity index (χ3v) is 2.09. The second-order valence-electron chi connectivity index (χ2n) is 2.55. The Labute approximate surface area is 81.5 Å². The van der Waals surface area contributed by atoms with E-state index in [4.69, 9.17) is 0 Å². The Morgan fingerprint density at radius 1 is 1.31 bits per heavy atom. The molecule has 0 aromatic rings. The fourth-order valence-corrected chi connectivity index (χ4v) is 1.31. The van der Waals surface area contributed by atoms with Crippen LogP contribution in [0, 0.1) is 0 Å². The molecular weight excluding hydrogens is 245 g/mol. The monoisotopic (exact) mass is 248 g/mol. The first-order valence-corrected chi connectivity index (χ1v) is 4.37. The highest BCUT2D eigenvalue weighted by Gasteiger charge is 2.56. The highest BCUT2D eigenvalue weighted by Crippen LogP contribution is 2.24. The number of fused-ring (bicyclic) bond motifs is 1. The second kappa shape index (κ2) is 2.80. The van der Waals surface area contributed by atoms with Crippen molar-refractivity contribution >= 4 is 28.8 Å². The zero-order valence-electron chi connectivity index (χ0n) is 6.34. The van der Waals surface area contributed by atoms with Crippen LogP contribution in [0.1, 0.15) is 0 Å². The summed E-state index contributed by atoms with van der Waals surface area (Å²) in [5.41, 5.74) is 0. The summed E-state index contributed by atoms with van der Waals surface area (Å²) in [6.07, 6.45) is 6.09. The van der Waals surface area contributed by atoms with Gasteiger partial charge in [0.15, 0.2) is 5.76 Å². The van der Waals surface area contributed by atoms with Gasteiger partial charge in [-0.15, -0.1) is 0 Å². The Hall–Kier alpha value is -0.905. The fourth-order valence-electron chi connectivity index (χ4n) is 1.04. The SMILES string of the molecule is F[B-]1(F)OC2=CC=C(Br)C=CC2=[O+]1.